The van der Waals surface area contributed by atoms with Gasteiger partial charge in [-0.2, -0.15) is 0 Å². The van der Waals surface area contributed by atoms with Crippen molar-refractivity contribution in [3.05, 3.63) is 112 Å². The van der Waals surface area contributed by atoms with Gasteiger partial charge >= 0.3 is 0 Å². The summed E-state index contributed by atoms with van der Waals surface area (Å²) in [6, 6.07) is 23.9. The molecule has 35 heavy (non-hydrogen) atoms. The Morgan fingerprint density at radius 1 is 0.886 bits per heavy atom. The van der Waals surface area contributed by atoms with Crippen LogP contribution in [-0.4, -0.2) is 23.9 Å². The lowest BCUT2D eigenvalue weighted by molar-refractivity contribution is -0.132. The Labute approximate surface area is 211 Å². The Hall–Kier alpha value is -3.80. The first-order valence-electron chi connectivity index (χ1n) is 10.8. The molecule has 1 fully saturated rings. The van der Waals surface area contributed by atoms with Crippen LogP contribution in [-0.2, 0) is 9.59 Å². The van der Waals surface area contributed by atoms with Crippen molar-refractivity contribution in [2.45, 2.75) is 6.04 Å². The number of methoxy groups -OCH3 is 1. The largest absolute Gasteiger partial charge is 0.507 e. The molecule has 0 radical (unpaired) electrons. The molecule has 1 aliphatic rings. The van der Waals surface area contributed by atoms with E-state index in [1.54, 1.807) is 37.4 Å². The fourth-order valence-electron chi connectivity index (χ4n) is 4.42. The number of nitrogens with zero attached hydrogens (tertiary/aromatic N) is 1. The first-order valence-corrected chi connectivity index (χ1v) is 11.5. The highest BCUT2D eigenvalue weighted by molar-refractivity contribution is 6.52. The predicted molar refractivity (Wildman–Crippen MR) is 138 cm³/mol. The van der Waals surface area contributed by atoms with Crippen molar-refractivity contribution in [1.29, 1.82) is 0 Å². The van der Waals surface area contributed by atoms with Gasteiger partial charge in [0.25, 0.3) is 11.7 Å². The predicted octanol–water partition coefficient (Wildman–Crippen LogP) is 6.78. The van der Waals surface area contributed by atoms with E-state index in [1.807, 2.05) is 42.5 Å². The first kappa shape index (κ1) is 23.0. The minimum atomic E-state index is -0.871. The average molecular weight is 504 g/mol. The normalized spacial score (nSPS) is 17.2. The number of halogens is 2. The molecular weight excluding hydrogens is 485 g/mol. The standard InChI is InChI=1S/C28H19Cl2NO4/c1-35-19-12-10-18(11-13-19)31-25(21-8-4-6-16-5-2-3-7-20(16)21)24(27(33)28(31)34)26(32)17-9-14-22(29)23(30)15-17/h2-15,25,32H,1H3/b26-24-. The Morgan fingerprint density at radius 2 is 1.60 bits per heavy atom. The van der Waals surface area contributed by atoms with Gasteiger partial charge < -0.3 is 9.84 Å². The molecule has 1 heterocycles. The van der Waals surface area contributed by atoms with Crippen molar-refractivity contribution < 1.29 is 19.4 Å². The summed E-state index contributed by atoms with van der Waals surface area (Å²) >= 11 is 12.2. The number of fused-ring (bicyclic) bond motifs is 1. The van der Waals surface area contributed by atoms with Gasteiger partial charge in [-0.1, -0.05) is 65.7 Å². The molecule has 4 aromatic carbocycles. The molecule has 5 nitrogen and oxygen atoms in total. The zero-order chi connectivity index (χ0) is 24.7. The molecule has 7 heteroatoms. The molecule has 0 aliphatic carbocycles. The molecule has 1 atom stereocenters. The van der Waals surface area contributed by atoms with Gasteiger partial charge in [0, 0.05) is 11.3 Å². The van der Waals surface area contributed by atoms with Gasteiger partial charge in [0.2, 0.25) is 0 Å². The van der Waals surface area contributed by atoms with Crippen LogP contribution >= 0.6 is 23.2 Å². The van der Waals surface area contributed by atoms with Crippen LogP contribution in [0.15, 0.2) is 90.5 Å². The summed E-state index contributed by atoms with van der Waals surface area (Å²) in [4.78, 5) is 28.2. The van der Waals surface area contributed by atoms with E-state index in [4.69, 9.17) is 27.9 Å². The molecular formula is C28H19Cl2NO4. The van der Waals surface area contributed by atoms with E-state index in [2.05, 4.69) is 0 Å². The molecule has 1 saturated heterocycles. The number of carbonyl (C=O) groups is 2. The number of hydrogen-bond acceptors (Lipinski definition) is 4. The third-order valence-corrected chi connectivity index (χ3v) is 6.85. The summed E-state index contributed by atoms with van der Waals surface area (Å²) in [5.74, 6) is -1.24. The maximum Gasteiger partial charge on any atom is 0.300 e. The van der Waals surface area contributed by atoms with Crippen LogP contribution in [0.1, 0.15) is 17.2 Å². The average Bonchev–Trinajstić information content (AvgIpc) is 3.15. The summed E-state index contributed by atoms with van der Waals surface area (Å²) in [6.07, 6.45) is 0. The molecule has 0 spiro atoms. The topological polar surface area (TPSA) is 66.8 Å². The Morgan fingerprint density at radius 3 is 2.31 bits per heavy atom. The number of hydrogen-bond donors (Lipinski definition) is 1. The molecule has 0 bridgehead atoms. The number of rotatable bonds is 4. The molecule has 1 unspecified atom stereocenters. The molecule has 1 N–H and O–H groups in total. The summed E-state index contributed by atoms with van der Waals surface area (Å²) in [5, 5.41) is 13.7. The second kappa shape index (κ2) is 9.10. The van der Waals surface area contributed by atoms with E-state index in [1.165, 1.54) is 17.0 Å². The summed E-state index contributed by atoms with van der Waals surface area (Å²) in [6.45, 7) is 0. The van der Waals surface area contributed by atoms with Crippen LogP contribution in [0.4, 0.5) is 5.69 Å². The Kier molecular flexibility index (Phi) is 5.97. The molecule has 0 saturated carbocycles. The van der Waals surface area contributed by atoms with Gasteiger partial charge in [0.05, 0.1) is 28.8 Å². The smallest absolute Gasteiger partial charge is 0.300 e. The number of benzene rings is 4. The zero-order valence-electron chi connectivity index (χ0n) is 18.5. The van der Waals surface area contributed by atoms with Gasteiger partial charge in [-0.15, -0.1) is 0 Å². The number of carbonyl (C=O) groups excluding carboxylic acids is 2. The van der Waals surface area contributed by atoms with Crippen molar-refractivity contribution >= 4 is 57.1 Å². The third-order valence-electron chi connectivity index (χ3n) is 6.11. The number of amides is 1. The van der Waals surface area contributed by atoms with Gasteiger partial charge in [0.15, 0.2) is 0 Å². The van der Waals surface area contributed by atoms with Gasteiger partial charge in [-0.05, 0) is 58.8 Å². The van der Waals surface area contributed by atoms with Crippen molar-refractivity contribution in [3.63, 3.8) is 0 Å². The Balaban J connectivity index is 1.79. The van der Waals surface area contributed by atoms with Crippen LogP contribution in [0.5, 0.6) is 5.75 Å². The number of aliphatic hydroxyl groups excluding tert-OH is 1. The third kappa shape index (κ3) is 3.93. The highest BCUT2D eigenvalue weighted by Gasteiger charge is 2.47. The SMILES string of the molecule is COc1ccc(N2C(=O)C(=O)/C(=C(\O)c3ccc(Cl)c(Cl)c3)C2c2cccc3ccccc23)cc1. The maximum absolute atomic E-state index is 13.4. The maximum atomic E-state index is 13.4. The van der Waals surface area contributed by atoms with Crippen LogP contribution in [0.3, 0.4) is 0 Å². The van der Waals surface area contributed by atoms with Gasteiger partial charge in [-0.25, -0.2) is 0 Å². The quantitative estimate of drug-likeness (QED) is 0.189. The number of aliphatic hydroxyl groups is 1. The lowest BCUT2D eigenvalue weighted by atomic mass is 9.91. The lowest BCUT2D eigenvalue weighted by Gasteiger charge is -2.26. The highest BCUT2D eigenvalue weighted by atomic mass is 35.5. The Bertz CT molecular complexity index is 1510. The molecule has 1 aliphatic heterocycles. The second-order valence-electron chi connectivity index (χ2n) is 8.06. The van der Waals surface area contributed by atoms with Crippen LogP contribution in [0.25, 0.3) is 16.5 Å². The molecule has 174 valence electrons. The van der Waals surface area contributed by atoms with Gasteiger partial charge in [-0.3, -0.25) is 14.5 Å². The number of ketones is 1. The van der Waals surface area contributed by atoms with E-state index in [0.29, 0.717) is 22.0 Å². The van der Waals surface area contributed by atoms with E-state index >= 15 is 0 Å². The summed E-state index contributed by atoms with van der Waals surface area (Å²) < 4.78 is 5.24. The number of Topliss-reactive ketones (excluding diaryl/α,β-unsaturated/α-hetero) is 1. The van der Waals surface area contributed by atoms with Crippen molar-refractivity contribution in [2.75, 3.05) is 12.0 Å². The first-order chi connectivity index (χ1) is 16.9. The fourth-order valence-corrected chi connectivity index (χ4v) is 4.72. The lowest BCUT2D eigenvalue weighted by Crippen LogP contribution is -2.29. The fraction of sp³-hybridized carbons (Fsp3) is 0.0714. The molecule has 1 amide bonds. The molecule has 5 rings (SSSR count). The number of anilines is 1. The minimum Gasteiger partial charge on any atom is -0.507 e. The number of ether oxygens (including phenoxy) is 1. The van der Waals surface area contributed by atoms with Crippen LogP contribution in [0.2, 0.25) is 10.0 Å². The van der Waals surface area contributed by atoms with E-state index < -0.39 is 17.7 Å². The van der Waals surface area contributed by atoms with Crippen LogP contribution < -0.4 is 9.64 Å². The summed E-state index contributed by atoms with van der Waals surface area (Å²) in [7, 11) is 1.55. The van der Waals surface area contributed by atoms with Crippen molar-refractivity contribution in [3.8, 4) is 5.75 Å². The van der Waals surface area contributed by atoms with E-state index in [0.717, 1.165) is 10.8 Å². The minimum absolute atomic E-state index is 0.0273. The second-order valence-corrected chi connectivity index (χ2v) is 8.88. The zero-order valence-corrected chi connectivity index (χ0v) is 20.0. The van der Waals surface area contributed by atoms with Gasteiger partial charge in [0.1, 0.15) is 11.5 Å². The van der Waals surface area contributed by atoms with Crippen molar-refractivity contribution in [2.24, 2.45) is 0 Å². The molecule has 0 aromatic heterocycles. The summed E-state index contributed by atoms with van der Waals surface area (Å²) in [5.41, 5.74) is 1.47. The monoisotopic (exact) mass is 503 g/mol. The van der Waals surface area contributed by atoms with E-state index in [-0.39, 0.29) is 21.9 Å². The van der Waals surface area contributed by atoms with E-state index in [9.17, 15) is 14.7 Å². The molecule has 4 aromatic rings. The van der Waals surface area contributed by atoms with Crippen molar-refractivity contribution in [1.82, 2.24) is 0 Å². The van der Waals surface area contributed by atoms with Crippen LogP contribution in [0, 0.1) is 0 Å². The highest BCUT2D eigenvalue weighted by Crippen LogP contribution is 2.44.